The van der Waals surface area contributed by atoms with Gasteiger partial charge in [0.1, 0.15) is 0 Å². The normalized spacial score (nSPS) is 8.47. The molecule has 6 nitrogen and oxygen atoms in total. The third-order valence-electron chi connectivity index (χ3n) is 0.752. The molecule has 0 spiro atoms. The first kappa shape index (κ1) is 30.7. The van der Waals surface area contributed by atoms with Crippen LogP contribution in [0, 0.1) is 7.43 Å². The minimum absolute atomic E-state index is 0. The summed E-state index contributed by atoms with van der Waals surface area (Å²) in [7, 11) is 12.1. The van der Waals surface area contributed by atoms with E-state index in [1.54, 1.807) is 31.3 Å². The van der Waals surface area contributed by atoms with E-state index >= 15 is 0 Å². The largest absolute Gasteiger partial charge is 0.358 e. The predicted octanol–water partition coefficient (Wildman–Crippen LogP) is 0.994. The van der Waals surface area contributed by atoms with Crippen molar-refractivity contribution in [1.82, 2.24) is 15.2 Å². The Balaban J connectivity index is -0.0000000407. The molecule has 0 aliphatic rings. The fraction of sp³-hybridized carbons (Fsp3) is 0.900. The molecule has 0 fully saturated rings. The van der Waals surface area contributed by atoms with E-state index in [9.17, 15) is 0 Å². The molecule has 0 saturated heterocycles. The maximum absolute atomic E-state index is 7.89. The average Bonchev–Trinajstić information content (AvgIpc) is 2.03. The maximum atomic E-state index is 7.89. The number of rotatable bonds is 3. The van der Waals surface area contributed by atoms with E-state index in [-0.39, 0.29) is 40.1 Å². The average molecular weight is 329 g/mol. The summed E-state index contributed by atoms with van der Waals surface area (Å²) in [5.41, 5.74) is 0. The molecule has 0 heterocycles. The molecule has 107 valence electrons. The standard InChI is InChI=1S/C4H11NO.C3H9NO.C2H7NO.CH3.Y/c1-4-6-5(2)3;1-4(2)5-3;1-3(2)4;;/h4H2,1-3H3;1-3H3;4H,1-2H3;1H3;/q;;;-1;. The van der Waals surface area contributed by atoms with Crippen molar-refractivity contribution in [3.8, 4) is 0 Å². The summed E-state index contributed by atoms with van der Waals surface area (Å²) in [4.78, 5) is 9.46. The van der Waals surface area contributed by atoms with Crippen LogP contribution in [0.25, 0.3) is 0 Å². The Hall–Kier alpha value is 0.864. The molecule has 17 heavy (non-hydrogen) atoms. The van der Waals surface area contributed by atoms with Gasteiger partial charge in [-0.05, 0) is 6.92 Å². The summed E-state index contributed by atoms with van der Waals surface area (Å²) < 4.78 is 0. The van der Waals surface area contributed by atoms with Gasteiger partial charge in [0.15, 0.2) is 0 Å². The minimum atomic E-state index is 0. The summed E-state index contributed by atoms with van der Waals surface area (Å²) in [6, 6.07) is 0. The number of hydrogen-bond acceptors (Lipinski definition) is 6. The van der Waals surface area contributed by atoms with E-state index in [0.29, 0.717) is 0 Å². The third-order valence-corrected chi connectivity index (χ3v) is 0.752. The van der Waals surface area contributed by atoms with Gasteiger partial charge in [-0.2, -0.15) is 15.2 Å². The SMILES string of the molecule is CCON(C)C.CN(C)O.CON(C)C.[CH3-].[Y]. The number of hydrogen-bond donors (Lipinski definition) is 1. The Labute approximate surface area is 133 Å². The van der Waals surface area contributed by atoms with Crippen LogP contribution in [0.2, 0.25) is 0 Å². The van der Waals surface area contributed by atoms with Crippen LogP contribution in [0.5, 0.6) is 0 Å². The third kappa shape index (κ3) is 108. The zero-order valence-electron chi connectivity index (χ0n) is 12.9. The molecule has 0 atom stereocenters. The molecule has 0 bridgehead atoms. The van der Waals surface area contributed by atoms with Gasteiger partial charge in [-0.3, -0.25) is 4.84 Å². The van der Waals surface area contributed by atoms with E-state index in [0.717, 1.165) is 11.7 Å². The smallest absolute Gasteiger partial charge is 0.0656 e. The minimum Gasteiger partial charge on any atom is -0.358 e. The number of hydroxylamine groups is 6. The molecule has 0 aliphatic carbocycles. The molecule has 7 heteroatoms. The van der Waals surface area contributed by atoms with Gasteiger partial charge in [0.05, 0.1) is 13.7 Å². The van der Waals surface area contributed by atoms with Crippen LogP contribution in [0.3, 0.4) is 0 Å². The molecule has 0 aromatic heterocycles. The van der Waals surface area contributed by atoms with Crippen molar-refractivity contribution in [3.63, 3.8) is 0 Å². The fourth-order valence-corrected chi connectivity index (χ4v) is 0.258. The Morgan fingerprint density at radius 2 is 1.18 bits per heavy atom. The van der Waals surface area contributed by atoms with Gasteiger partial charge < -0.3 is 17.5 Å². The van der Waals surface area contributed by atoms with Crippen molar-refractivity contribution in [2.24, 2.45) is 0 Å². The molecule has 0 amide bonds. The second-order valence-electron chi connectivity index (χ2n) is 3.07. The van der Waals surface area contributed by atoms with Crippen LogP contribution in [-0.4, -0.2) is 76.4 Å². The van der Waals surface area contributed by atoms with Crippen molar-refractivity contribution in [3.05, 3.63) is 7.43 Å². The van der Waals surface area contributed by atoms with Gasteiger partial charge in [-0.25, -0.2) is 0 Å². The van der Waals surface area contributed by atoms with Gasteiger partial charge in [-0.1, -0.05) is 0 Å². The topological polar surface area (TPSA) is 48.4 Å². The van der Waals surface area contributed by atoms with Gasteiger partial charge in [0, 0.05) is 75.0 Å². The predicted molar refractivity (Wildman–Crippen MR) is 67.9 cm³/mol. The summed E-state index contributed by atoms with van der Waals surface area (Å²) >= 11 is 0. The van der Waals surface area contributed by atoms with Crippen LogP contribution >= 0.6 is 0 Å². The summed E-state index contributed by atoms with van der Waals surface area (Å²) in [6.07, 6.45) is 0. The first-order chi connectivity index (χ1) is 6.77. The van der Waals surface area contributed by atoms with E-state index in [1.165, 1.54) is 0 Å². The van der Waals surface area contributed by atoms with Crippen LogP contribution in [0.4, 0.5) is 0 Å². The summed E-state index contributed by atoms with van der Waals surface area (Å²) in [5.74, 6) is 0. The molecule has 0 aromatic carbocycles. The number of nitrogens with zero attached hydrogens (tertiary/aromatic N) is 3. The van der Waals surface area contributed by atoms with Gasteiger partial charge in [0.25, 0.3) is 0 Å². The van der Waals surface area contributed by atoms with E-state index < -0.39 is 0 Å². The Kier molecular flexibility index (Phi) is 46.3. The van der Waals surface area contributed by atoms with Crippen molar-refractivity contribution in [2.75, 3.05) is 56.0 Å². The van der Waals surface area contributed by atoms with Crippen molar-refractivity contribution < 1.29 is 47.6 Å². The molecule has 0 aliphatic heterocycles. The van der Waals surface area contributed by atoms with Gasteiger partial charge >= 0.3 is 0 Å². The van der Waals surface area contributed by atoms with Crippen molar-refractivity contribution in [1.29, 1.82) is 0 Å². The monoisotopic (exact) mass is 329 g/mol. The molecular weight excluding hydrogens is 299 g/mol. The van der Waals surface area contributed by atoms with Gasteiger partial charge in [0.2, 0.25) is 0 Å². The molecule has 0 unspecified atom stereocenters. The molecular formula is C10H30N3O3Y-. The summed E-state index contributed by atoms with van der Waals surface area (Å²) in [6.45, 7) is 2.72. The van der Waals surface area contributed by atoms with E-state index in [1.807, 2.05) is 35.1 Å². The van der Waals surface area contributed by atoms with E-state index in [2.05, 4.69) is 4.84 Å². The molecule has 1 radical (unpaired) electrons. The fourth-order valence-electron chi connectivity index (χ4n) is 0.258. The quantitative estimate of drug-likeness (QED) is 0.616. The van der Waals surface area contributed by atoms with Crippen LogP contribution in [0.1, 0.15) is 6.92 Å². The zero-order chi connectivity index (χ0) is 12.9. The van der Waals surface area contributed by atoms with Crippen LogP contribution in [-0.2, 0) is 42.4 Å². The van der Waals surface area contributed by atoms with Crippen LogP contribution < -0.4 is 0 Å². The van der Waals surface area contributed by atoms with Crippen molar-refractivity contribution in [2.45, 2.75) is 6.92 Å². The molecule has 1 N–H and O–H groups in total. The summed E-state index contributed by atoms with van der Waals surface area (Å²) in [5, 5.41) is 12.2. The first-order valence-corrected chi connectivity index (χ1v) is 4.65. The zero-order valence-corrected chi connectivity index (χ0v) is 15.7. The van der Waals surface area contributed by atoms with Crippen molar-refractivity contribution >= 4 is 0 Å². The van der Waals surface area contributed by atoms with E-state index in [4.69, 9.17) is 10.0 Å². The maximum Gasteiger partial charge on any atom is 0.0656 e. The first-order valence-electron chi connectivity index (χ1n) is 4.65. The molecule has 0 saturated carbocycles. The molecule has 0 aromatic rings. The van der Waals surface area contributed by atoms with Gasteiger partial charge in [-0.15, -0.1) is 0 Å². The Bertz CT molecular complexity index is 104. The Morgan fingerprint density at radius 3 is 1.18 bits per heavy atom. The Morgan fingerprint density at radius 1 is 0.941 bits per heavy atom. The van der Waals surface area contributed by atoms with Crippen LogP contribution in [0.15, 0.2) is 0 Å². The second-order valence-corrected chi connectivity index (χ2v) is 3.07. The second kappa shape index (κ2) is 25.6. The molecule has 0 rings (SSSR count).